The van der Waals surface area contributed by atoms with Crippen LogP contribution in [0, 0.1) is 6.92 Å². The quantitative estimate of drug-likeness (QED) is 0.422. The number of rotatable bonds is 3. The first kappa shape index (κ1) is 12.0. The average molecular weight is 225 g/mol. The van der Waals surface area contributed by atoms with Crippen molar-refractivity contribution in [3.8, 4) is 0 Å². The Bertz CT molecular complexity index is 441. The summed E-state index contributed by atoms with van der Waals surface area (Å²) in [6.07, 6.45) is 0. The topological polar surface area (TPSA) is 121 Å². The van der Waals surface area contributed by atoms with Crippen LogP contribution in [0.2, 0.25) is 0 Å². The minimum absolute atomic E-state index is 0.237. The van der Waals surface area contributed by atoms with E-state index in [-0.39, 0.29) is 5.56 Å². The van der Waals surface area contributed by atoms with E-state index in [1.165, 1.54) is 18.2 Å². The van der Waals surface area contributed by atoms with Gasteiger partial charge in [0.2, 0.25) is 0 Å². The SMILES string of the molecule is Cc1cc(C(O)(C(=O)O)C(=O)O)ccc1N. The molecule has 0 unspecified atom stereocenters. The van der Waals surface area contributed by atoms with Gasteiger partial charge in [-0.15, -0.1) is 0 Å². The Balaban J connectivity index is 3.39. The fourth-order valence-electron chi connectivity index (χ4n) is 1.24. The van der Waals surface area contributed by atoms with Gasteiger partial charge in [-0.05, 0) is 24.6 Å². The molecule has 0 bridgehead atoms. The molecule has 1 rings (SSSR count). The lowest BCUT2D eigenvalue weighted by atomic mass is 9.92. The van der Waals surface area contributed by atoms with Crippen LogP contribution in [0.25, 0.3) is 0 Å². The summed E-state index contributed by atoms with van der Waals surface area (Å²) >= 11 is 0. The molecule has 0 aromatic heterocycles. The van der Waals surface area contributed by atoms with Gasteiger partial charge in [0.05, 0.1) is 0 Å². The number of carbonyl (C=O) groups is 2. The molecule has 1 aromatic carbocycles. The average Bonchev–Trinajstić information content (AvgIpc) is 2.20. The molecule has 0 aliphatic heterocycles. The molecule has 0 aliphatic carbocycles. The lowest BCUT2D eigenvalue weighted by Gasteiger charge is -2.19. The van der Waals surface area contributed by atoms with Gasteiger partial charge < -0.3 is 21.1 Å². The Hall–Kier alpha value is -2.08. The minimum atomic E-state index is -2.95. The molecule has 0 saturated carbocycles. The summed E-state index contributed by atoms with van der Waals surface area (Å²) in [5, 5.41) is 27.1. The van der Waals surface area contributed by atoms with Gasteiger partial charge in [0.1, 0.15) is 0 Å². The second-order valence-electron chi connectivity index (χ2n) is 3.39. The van der Waals surface area contributed by atoms with E-state index in [9.17, 15) is 14.7 Å². The number of carboxylic acids is 2. The van der Waals surface area contributed by atoms with Gasteiger partial charge in [-0.25, -0.2) is 9.59 Å². The van der Waals surface area contributed by atoms with Gasteiger partial charge in [-0.3, -0.25) is 0 Å². The molecule has 0 saturated heterocycles. The molecular weight excluding hydrogens is 214 g/mol. The summed E-state index contributed by atoms with van der Waals surface area (Å²) in [5.74, 6) is -3.69. The molecule has 0 aliphatic rings. The Labute approximate surface area is 90.9 Å². The van der Waals surface area contributed by atoms with Crippen molar-refractivity contribution in [2.45, 2.75) is 12.5 Å². The number of aliphatic hydroxyl groups is 1. The number of benzene rings is 1. The fourth-order valence-corrected chi connectivity index (χ4v) is 1.24. The highest BCUT2D eigenvalue weighted by Crippen LogP contribution is 2.25. The van der Waals surface area contributed by atoms with E-state index >= 15 is 0 Å². The van der Waals surface area contributed by atoms with Crippen LogP contribution in [0.15, 0.2) is 18.2 Å². The monoisotopic (exact) mass is 225 g/mol. The van der Waals surface area contributed by atoms with Crippen LogP contribution in [-0.4, -0.2) is 27.3 Å². The largest absolute Gasteiger partial charge is 0.478 e. The van der Waals surface area contributed by atoms with E-state index in [0.29, 0.717) is 11.3 Å². The highest BCUT2D eigenvalue weighted by atomic mass is 16.4. The first-order valence-electron chi connectivity index (χ1n) is 4.36. The maximum atomic E-state index is 10.8. The van der Waals surface area contributed by atoms with Gasteiger partial charge in [0.15, 0.2) is 0 Å². The third kappa shape index (κ3) is 1.70. The number of anilines is 1. The first-order chi connectivity index (χ1) is 7.30. The van der Waals surface area contributed by atoms with Crippen LogP contribution in [0.4, 0.5) is 5.69 Å². The molecule has 0 heterocycles. The highest BCUT2D eigenvalue weighted by Gasteiger charge is 2.46. The molecule has 5 N–H and O–H groups in total. The number of aliphatic carboxylic acids is 2. The second-order valence-corrected chi connectivity index (χ2v) is 3.39. The van der Waals surface area contributed by atoms with E-state index in [1.54, 1.807) is 6.92 Å². The van der Waals surface area contributed by atoms with Crippen LogP contribution < -0.4 is 5.73 Å². The molecular formula is C10H11NO5. The summed E-state index contributed by atoms with van der Waals surface area (Å²) in [7, 11) is 0. The van der Waals surface area contributed by atoms with E-state index < -0.39 is 17.5 Å². The zero-order valence-electron chi connectivity index (χ0n) is 8.47. The number of nitrogens with two attached hydrogens (primary N) is 1. The number of aryl methyl sites for hydroxylation is 1. The summed E-state index contributed by atoms with van der Waals surface area (Å²) in [4.78, 5) is 21.6. The Kier molecular flexibility index (Phi) is 2.86. The molecule has 0 atom stereocenters. The molecule has 16 heavy (non-hydrogen) atoms. The molecule has 86 valence electrons. The smallest absolute Gasteiger partial charge is 0.352 e. The van der Waals surface area contributed by atoms with Crippen molar-refractivity contribution in [3.63, 3.8) is 0 Å². The normalized spacial score (nSPS) is 11.1. The van der Waals surface area contributed by atoms with Crippen molar-refractivity contribution in [1.82, 2.24) is 0 Å². The predicted molar refractivity (Wildman–Crippen MR) is 54.8 cm³/mol. The zero-order chi connectivity index (χ0) is 12.5. The Morgan fingerprint density at radius 2 is 1.75 bits per heavy atom. The van der Waals surface area contributed by atoms with E-state index in [0.717, 1.165) is 0 Å². The zero-order valence-corrected chi connectivity index (χ0v) is 8.47. The number of nitrogen functional groups attached to an aromatic ring is 1. The fraction of sp³-hybridized carbons (Fsp3) is 0.200. The van der Waals surface area contributed by atoms with Crippen LogP contribution in [0.3, 0.4) is 0 Å². The lowest BCUT2D eigenvalue weighted by molar-refractivity contribution is -0.177. The maximum absolute atomic E-state index is 10.8. The van der Waals surface area contributed by atoms with Crippen LogP contribution in [-0.2, 0) is 15.2 Å². The van der Waals surface area contributed by atoms with Crippen molar-refractivity contribution in [2.75, 3.05) is 5.73 Å². The van der Waals surface area contributed by atoms with Crippen LogP contribution in [0.5, 0.6) is 0 Å². The standard InChI is InChI=1S/C10H11NO5/c1-5-4-6(2-3-7(5)11)10(16,8(12)13)9(14)15/h2-4,16H,11H2,1H3,(H,12,13)(H,14,15). The lowest BCUT2D eigenvalue weighted by Crippen LogP contribution is -2.43. The summed E-state index contributed by atoms with van der Waals surface area (Å²) in [6, 6.07) is 3.75. The van der Waals surface area contributed by atoms with Gasteiger partial charge in [0.25, 0.3) is 5.60 Å². The first-order valence-corrected chi connectivity index (χ1v) is 4.36. The molecule has 6 nitrogen and oxygen atoms in total. The maximum Gasteiger partial charge on any atom is 0.352 e. The van der Waals surface area contributed by atoms with Crippen molar-refractivity contribution in [3.05, 3.63) is 29.3 Å². The van der Waals surface area contributed by atoms with E-state index in [4.69, 9.17) is 15.9 Å². The number of hydrogen-bond acceptors (Lipinski definition) is 4. The second kappa shape index (κ2) is 3.82. The predicted octanol–water partition coefficient (Wildman–Crippen LogP) is -0.0660. The molecule has 0 fully saturated rings. The van der Waals surface area contributed by atoms with Crippen molar-refractivity contribution >= 4 is 17.6 Å². The van der Waals surface area contributed by atoms with Gasteiger partial charge >= 0.3 is 11.9 Å². The number of hydrogen-bond donors (Lipinski definition) is 4. The van der Waals surface area contributed by atoms with Crippen molar-refractivity contribution in [2.24, 2.45) is 0 Å². The van der Waals surface area contributed by atoms with Crippen LogP contribution >= 0.6 is 0 Å². The van der Waals surface area contributed by atoms with Crippen LogP contribution in [0.1, 0.15) is 11.1 Å². The highest BCUT2D eigenvalue weighted by molar-refractivity contribution is 6.02. The van der Waals surface area contributed by atoms with Gasteiger partial charge in [-0.2, -0.15) is 0 Å². The third-order valence-corrected chi connectivity index (χ3v) is 2.31. The number of carboxylic acid groups (broad SMARTS) is 2. The Morgan fingerprint density at radius 3 is 2.12 bits per heavy atom. The molecule has 1 aromatic rings. The minimum Gasteiger partial charge on any atom is -0.478 e. The molecule has 0 spiro atoms. The summed E-state index contributed by atoms with van der Waals surface area (Å²) in [6.45, 7) is 1.59. The summed E-state index contributed by atoms with van der Waals surface area (Å²) in [5.41, 5.74) is 3.21. The van der Waals surface area contributed by atoms with E-state index in [2.05, 4.69) is 0 Å². The Morgan fingerprint density at radius 1 is 1.25 bits per heavy atom. The van der Waals surface area contributed by atoms with Gasteiger partial charge in [0, 0.05) is 11.3 Å². The van der Waals surface area contributed by atoms with E-state index in [1.807, 2.05) is 0 Å². The third-order valence-electron chi connectivity index (χ3n) is 2.31. The molecule has 0 radical (unpaired) electrons. The van der Waals surface area contributed by atoms with Crippen molar-refractivity contribution in [1.29, 1.82) is 0 Å². The van der Waals surface area contributed by atoms with Crippen molar-refractivity contribution < 1.29 is 24.9 Å². The van der Waals surface area contributed by atoms with Gasteiger partial charge in [-0.1, -0.05) is 6.07 Å². The molecule has 0 amide bonds. The summed E-state index contributed by atoms with van der Waals surface area (Å²) < 4.78 is 0. The molecule has 6 heteroatoms.